The Morgan fingerprint density at radius 1 is 1.14 bits per heavy atom. The molecule has 0 saturated heterocycles. The zero-order chi connectivity index (χ0) is 15.7. The molecule has 0 fully saturated rings. The van der Waals surface area contributed by atoms with Crippen LogP contribution in [0.3, 0.4) is 0 Å². The van der Waals surface area contributed by atoms with Crippen molar-refractivity contribution in [2.45, 2.75) is 20.3 Å². The summed E-state index contributed by atoms with van der Waals surface area (Å²) in [4.78, 5) is 27.3. The molecule has 0 radical (unpaired) electrons. The van der Waals surface area contributed by atoms with Gasteiger partial charge in [0.15, 0.2) is 11.6 Å². The predicted molar refractivity (Wildman–Crippen MR) is 88.6 cm³/mol. The summed E-state index contributed by atoms with van der Waals surface area (Å²) in [5, 5.41) is 0.974. The SMILES string of the molecule is CC(C)=CCc1[nH]c2ccccc2c1C1=CC(=O)C=CC1=O. The highest BCUT2D eigenvalue weighted by Gasteiger charge is 2.21. The molecule has 0 amide bonds. The minimum Gasteiger partial charge on any atom is -0.358 e. The van der Waals surface area contributed by atoms with E-state index in [9.17, 15) is 9.59 Å². The second-order valence-electron chi connectivity index (χ2n) is 5.67. The van der Waals surface area contributed by atoms with E-state index in [1.807, 2.05) is 38.1 Å². The van der Waals surface area contributed by atoms with Gasteiger partial charge in [-0.15, -0.1) is 0 Å². The van der Waals surface area contributed by atoms with Crippen molar-refractivity contribution < 1.29 is 9.59 Å². The van der Waals surface area contributed by atoms with Gasteiger partial charge in [0.25, 0.3) is 0 Å². The van der Waals surface area contributed by atoms with Crippen LogP contribution in [0, 0.1) is 0 Å². The highest BCUT2D eigenvalue weighted by Crippen LogP contribution is 2.31. The van der Waals surface area contributed by atoms with Crippen LogP contribution in [0.4, 0.5) is 0 Å². The van der Waals surface area contributed by atoms with Crippen LogP contribution in [-0.4, -0.2) is 16.6 Å². The van der Waals surface area contributed by atoms with Crippen LogP contribution in [0.25, 0.3) is 16.5 Å². The number of fused-ring (bicyclic) bond motifs is 1. The van der Waals surface area contributed by atoms with Crippen LogP contribution in [0.1, 0.15) is 25.1 Å². The van der Waals surface area contributed by atoms with Gasteiger partial charge in [-0.1, -0.05) is 29.8 Å². The molecule has 1 N–H and O–H groups in total. The van der Waals surface area contributed by atoms with E-state index >= 15 is 0 Å². The van der Waals surface area contributed by atoms with Gasteiger partial charge in [0.2, 0.25) is 0 Å². The number of H-pyrrole nitrogens is 1. The lowest BCUT2D eigenvalue weighted by molar-refractivity contribution is -0.113. The fourth-order valence-corrected chi connectivity index (χ4v) is 2.67. The van der Waals surface area contributed by atoms with E-state index in [2.05, 4.69) is 11.1 Å². The van der Waals surface area contributed by atoms with E-state index in [-0.39, 0.29) is 11.6 Å². The monoisotopic (exact) mass is 291 g/mol. The van der Waals surface area contributed by atoms with Gasteiger partial charge in [0.05, 0.1) is 0 Å². The summed E-state index contributed by atoms with van der Waals surface area (Å²) in [5.74, 6) is -0.268. The van der Waals surface area contributed by atoms with Gasteiger partial charge in [0, 0.05) is 34.2 Å². The van der Waals surface area contributed by atoms with Crippen molar-refractivity contribution in [1.29, 1.82) is 0 Å². The Morgan fingerprint density at radius 3 is 2.68 bits per heavy atom. The summed E-state index contributed by atoms with van der Waals surface area (Å²) in [6, 6.07) is 7.85. The van der Waals surface area contributed by atoms with E-state index in [1.165, 1.54) is 23.8 Å². The quantitative estimate of drug-likeness (QED) is 0.691. The summed E-state index contributed by atoms with van der Waals surface area (Å²) in [7, 11) is 0. The van der Waals surface area contributed by atoms with Crippen molar-refractivity contribution in [3.63, 3.8) is 0 Å². The normalized spacial score (nSPS) is 14.4. The highest BCUT2D eigenvalue weighted by atomic mass is 16.1. The van der Waals surface area contributed by atoms with Crippen LogP contribution in [0.5, 0.6) is 0 Å². The van der Waals surface area contributed by atoms with E-state index < -0.39 is 0 Å². The minimum absolute atomic E-state index is 0.122. The number of para-hydroxylation sites is 1. The molecule has 1 aromatic carbocycles. The molecule has 0 atom stereocenters. The Hall–Kier alpha value is -2.68. The second-order valence-corrected chi connectivity index (χ2v) is 5.67. The number of benzene rings is 1. The number of carbonyl (C=O) groups is 2. The molecule has 0 unspecified atom stereocenters. The van der Waals surface area contributed by atoms with Gasteiger partial charge in [-0.2, -0.15) is 0 Å². The third-order valence-corrected chi connectivity index (χ3v) is 3.72. The number of nitrogens with one attached hydrogen (secondary N) is 1. The molecule has 1 aliphatic carbocycles. The van der Waals surface area contributed by atoms with E-state index in [1.54, 1.807) is 0 Å². The molecule has 0 aliphatic heterocycles. The molecule has 3 rings (SSSR count). The molecule has 1 aliphatic rings. The van der Waals surface area contributed by atoms with Gasteiger partial charge in [-0.3, -0.25) is 9.59 Å². The number of aromatic nitrogens is 1. The lowest BCUT2D eigenvalue weighted by atomic mass is 9.93. The molecule has 1 aromatic heterocycles. The van der Waals surface area contributed by atoms with Crippen molar-refractivity contribution in [2.24, 2.45) is 0 Å². The molecule has 1 heterocycles. The van der Waals surface area contributed by atoms with Crippen LogP contribution < -0.4 is 0 Å². The number of aromatic amines is 1. The van der Waals surface area contributed by atoms with Crippen LogP contribution >= 0.6 is 0 Å². The Morgan fingerprint density at radius 2 is 1.91 bits per heavy atom. The van der Waals surface area contributed by atoms with Crippen LogP contribution in [-0.2, 0) is 16.0 Å². The summed E-state index contributed by atoms with van der Waals surface area (Å²) < 4.78 is 0. The van der Waals surface area contributed by atoms with Crippen molar-refractivity contribution in [1.82, 2.24) is 4.98 Å². The van der Waals surface area contributed by atoms with Crippen LogP contribution in [0.15, 0.2) is 54.1 Å². The number of ketones is 2. The number of carbonyl (C=O) groups excluding carboxylic acids is 2. The topological polar surface area (TPSA) is 49.9 Å². The standard InChI is InChI=1S/C19H17NO2/c1-12(2)7-9-17-19(14-5-3-4-6-16(14)20-17)15-11-13(21)8-10-18(15)22/h3-8,10-11,20H,9H2,1-2H3. The van der Waals surface area contributed by atoms with Crippen molar-refractivity contribution in [2.75, 3.05) is 0 Å². The molecule has 22 heavy (non-hydrogen) atoms. The van der Waals surface area contributed by atoms with Gasteiger partial charge >= 0.3 is 0 Å². The maximum atomic E-state index is 12.2. The number of hydrogen-bond donors (Lipinski definition) is 1. The maximum Gasteiger partial charge on any atom is 0.186 e. The first-order valence-corrected chi connectivity index (χ1v) is 7.27. The van der Waals surface area contributed by atoms with Crippen LogP contribution in [0.2, 0.25) is 0 Å². The molecular formula is C19H17NO2. The third-order valence-electron chi connectivity index (χ3n) is 3.72. The lowest BCUT2D eigenvalue weighted by Gasteiger charge is -2.08. The van der Waals surface area contributed by atoms with E-state index in [0.717, 1.165) is 22.2 Å². The van der Waals surface area contributed by atoms with Gasteiger partial charge in [-0.05, 0) is 38.1 Å². The molecule has 3 nitrogen and oxygen atoms in total. The first kappa shape index (κ1) is 14.3. The summed E-state index contributed by atoms with van der Waals surface area (Å²) >= 11 is 0. The zero-order valence-electron chi connectivity index (χ0n) is 12.6. The summed E-state index contributed by atoms with van der Waals surface area (Å²) in [6.45, 7) is 4.08. The Bertz CT molecular complexity index is 859. The molecule has 2 aromatic rings. The Balaban J connectivity index is 2.22. The van der Waals surface area contributed by atoms with E-state index in [0.29, 0.717) is 12.0 Å². The molecule has 0 saturated carbocycles. The minimum atomic E-state index is -0.145. The average molecular weight is 291 g/mol. The van der Waals surface area contributed by atoms with Crippen molar-refractivity contribution in [3.05, 3.63) is 65.4 Å². The largest absolute Gasteiger partial charge is 0.358 e. The van der Waals surface area contributed by atoms with Crippen molar-refractivity contribution >= 4 is 28.0 Å². The lowest BCUT2D eigenvalue weighted by Crippen LogP contribution is -2.08. The number of hydrogen-bond acceptors (Lipinski definition) is 2. The molecule has 0 spiro atoms. The smallest absolute Gasteiger partial charge is 0.186 e. The first-order chi connectivity index (χ1) is 10.6. The van der Waals surface area contributed by atoms with Gasteiger partial charge in [-0.25, -0.2) is 0 Å². The van der Waals surface area contributed by atoms with E-state index in [4.69, 9.17) is 0 Å². The Kier molecular flexibility index (Phi) is 3.63. The third kappa shape index (κ3) is 2.58. The maximum absolute atomic E-state index is 12.2. The Labute approximate surface area is 129 Å². The second kappa shape index (κ2) is 5.60. The number of allylic oxidation sites excluding steroid dienone is 6. The number of rotatable bonds is 3. The van der Waals surface area contributed by atoms with Gasteiger partial charge in [0.1, 0.15) is 0 Å². The zero-order valence-corrected chi connectivity index (χ0v) is 12.6. The predicted octanol–water partition coefficient (Wildman–Crippen LogP) is 3.77. The van der Waals surface area contributed by atoms with Crippen molar-refractivity contribution in [3.8, 4) is 0 Å². The molecule has 0 bridgehead atoms. The molecule has 3 heteroatoms. The highest BCUT2D eigenvalue weighted by molar-refractivity contribution is 6.35. The first-order valence-electron chi connectivity index (χ1n) is 7.27. The summed E-state index contributed by atoms with van der Waals surface area (Å²) in [6.07, 6.45) is 6.92. The summed E-state index contributed by atoms with van der Waals surface area (Å²) in [5.41, 5.74) is 4.47. The fraction of sp³-hybridized carbons (Fsp3) is 0.158. The van der Waals surface area contributed by atoms with Gasteiger partial charge < -0.3 is 4.98 Å². The molecule has 110 valence electrons. The average Bonchev–Trinajstić information content (AvgIpc) is 2.86. The molecular weight excluding hydrogens is 274 g/mol. The fourth-order valence-electron chi connectivity index (χ4n) is 2.67.